The number of halogens is 1. The average Bonchev–Trinajstić information content (AvgIpc) is 3.29. The van der Waals surface area contributed by atoms with Gasteiger partial charge in [-0.25, -0.2) is 14.6 Å². The highest BCUT2D eigenvalue weighted by Gasteiger charge is 2.34. The molecule has 2 aromatic heterocycles. The second-order valence-electron chi connectivity index (χ2n) is 5.32. The lowest BCUT2D eigenvalue weighted by atomic mass is 10.1. The Morgan fingerprint density at radius 2 is 2.24 bits per heavy atom. The first-order valence-corrected chi connectivity index (χ1v) is 7.22. The van der Waals surface area contributed by atoms with Gasteiger partial charge in [-0.3, -0.25) is 4.79 Å². The number of aromatic nitrogens is 4. The van der Waals surface area contributed by atoms with Gasteiger partial charge in [0.1, 0.15) is 5.02 Å². The van der Waals surface area contributed by atoms with E-state index in [9.17, 15) is 4.79 Å². The number of anilines is 1. The van der Waals surface area contributed by atoms with E-state index < -0.39 is 0 Å². The smallest absolute Gasteiger partial charge is 0.287 e. The molecule has 2 aromatic rings. The van der Waals surface area contributed by atoms with E-state index in [0.717, 1.165) is 24.4 Å². The summed E-state index contributed by atoms with van der Waals surface area (Å²) >= 11 is 6.11. The molecule has 0 saturated heterocycles. The molecular weight excluding hydrogens is 290 g/mol. The van der Waals surface area contributed by atoms with Crippen molar-refractivity contribution in [1.82, 2.24) is 19.7 Å². The van der Waals surface area contributed by atoms with Gasteiger partial charge in [-0.15, -0.1) is 0 Å². The van der Waals surface area contributed by atoms with E-state index in [-0.39, 0.29) is 16.6 Å². The number of rotatable bonds is 4. The molecule has 1 aliphatic carbocycles. The van der Waals surface area contributed by atoms with Crippen LogP contribution in [0.2, 0.25) is 5.02 Å². The van der Waals surface area contributed by atoms with Crippen molar-refractivity contribution in [2.45, 2.75) is 25.8 Å². The Morgan fingerprint density at radius 1 is 1.48 bits per heavy atom. The summed E-state index contributed by atoms with van der Waals surface area (Å²) in [6, 6.07) is 1.82. The van der Waals surface area contributed by atoms with Crippen molar-refractivity contribution >= 4 is 17.3 Å². The van der Waals surface area contributed by atoms with E-state index in [1.807, 2.05) is 13.0 Å². The molecule has 0 aromatic carbocycles. The second kappa shape index (κ2) is 5.44. The monoisotopic (exact) mass is 305 g/mol. The van der Waals surface area contributed by atoms with E-state index in [4.69, 9.17) is 11.6 Å². The van der Waals surface area contributed by atoms with Gasteiger partial charge in [-0.2, -0.15) is 5.10 Å². The molecule has 0 radical (unpaired) electrons. The summed E-state index contributed by atoms with van der Waals surface area (Å²) in [6.07, 6.45) is 5.54. The Balaban J connectivity index is 1.93. The van der Waals surface area contributed by atoms with Crippen LogP contribution in [-0.2, 0) is 7.05 Å². The maximum absolute atomic E-state index is 11.8. The SMILES string of the molecule is Cc1ccnc([C@@H](Nc2cnn(C)c(=O)c2Cl)C2CC2)n1. The van der Waals surface area contributed by atoms with Crippen LogP contribution < -0.4 is 10.9 Å². The van der Waals surface area contributed by atoms with Crippen LogP contribution in [0.3, 0.4) is 0 Å². The Labute approximate surface area is 127 Å². The van der Waals surface area contributed by atoms with Crippen molar-refractivity contribution in [3.05, 3.63) is 45.4 Å². The first-order valence-electron chi connectivity index (χ1n) is 6.84. The van der Waals surface area contributed by atoms with Crippen LogP contribution in [0.1, 0.15) is 30.4 Å². The number of hydrogen-bond acceptors (Lipinski definition) is 5. The first kappa shape index (κ1) is 14.0. The van der Waals surface area contributed by atoms with E-state index in [2.05, 4.69) is 20.4 Å². The van der Waals surface area contributed by atoms with Crippen LogP contribution in [0, 0.1) is 12.8 Å². The van der Waals surface area contributed by atoms with Gasteiger partial charge in [0.25, 0.3) is 5.56 Å². The highest BCUT2D eigenvalue weighted by Crippen LogP contribution is 2.42. The maximum Gasteiger partial charge on any atom is 0.287 e. The first-order chi connectivity index (χ1) is 10.1. The third-order valence-electron chi connectivity index (χ3n) is 3.57. The van der Waals surface area contributed by atoms with Crippen molar-refractivity contribution in [1.29, 1.82) is 0 Å². The molecule has 1 N–H and O–H groups in total. The van der Waals surface area contributed by atoms with Gasteiger partial charge in [0.05, 0.1) is 17.9 Å². The molecule has 7 heteroatoms. The van der Waals surface area contributed by atoms with Gasteiger partial charge in [0.15, 0.2) is 5.82 Å². The summed E-state index contributed by atoms with van der Waals surface area (Å²) in [5.74, 6) is 1.20. The lowest BCUT2D eigenvalue weighted by Crippen LogP contribution is -2.23. The fourth-order valence-corrected chi connectivity index (χ4v) is 2.45. The summed E-state index contributed by atoms with van der Waals surface area (Å²) in [4.78, 5) is 20.7. The van der Waals surface area contributed by atoms with Crippen LogP contribution in [0.25, 0.3) is 0 Å². The highest BCUT2D eigenvalue weighted by molar-refractivity contribution is 6.32. The van der Waals surface area contributed by atoms with Crippen molar-refractivity contribution < 1.29 is 0 Å². The minimum atomic E-state index is -0.318. The molecule has 1 aliphatic rings. The Hall–Kier alpha value is -1.95. The number of hydrogen-bond donors (Lipinski definition) is 1. The van der Waals surface area contributed by atoms with Gasteiger partial charge in [0.2, 0.25) is 0 Å². The fourth-order valence-electron chi connectivity index (χ4n) is 2.22. The molecule has 1 saturated carbocycles. The van der Waals surface area contributed by atoms with Gasteiger partial charge < -0.3 is 5.32 Å². The summed E-state index contributed by atoms with van der Waals surface area (Å²) in [7, 11) is 1.57. The largest absolute Gasteiger partial charge is 0.372 e. The van der Waals surface area contributed by atoms with Crippen molar-refractivity contribution in [2.75, 3.05) is 5.32 Å². The molecule has 0 unspecified atom stereocenters. The highest BCUT2D eigenvalue weighted by atomic mass is 35.5. The van der Waals surface area contributed by atoms with Crippen LogP contribution >= 0.6 is 11.6 Å². The predicted molar refractivity (Wildman–Crippen MR) is 80.3 cm³/mol. The summed E-state index contributed by atoms with van der Waals surface area (Å²) in [6.45, 7) is 1.93. The Kier molecular flexibility index (Phi) is 3.63. The Morgan fingerprint density at radius 3 is 2.90 bits per heavy atom. The van der Waals surface area contributed by atoms with Crippen LogP contribution in [0.5, 0.6) is 0 Å². The normalized spacial score (nSPS) is 15.8. The fraction of sp³-hybridized carbons (Fsp3) is 0.429. The molecule has 1 fully saturated rings. The lowest BCUT2D eigenvalue weighted by molar-refractivity contribution is 0.628. The zero-order valence-electron chi connectivity index (χ0n) is 11.9. The molecule has 0 spiro atoms. The topological polar surface area (TPSA) is 72.7 Å². The van der Waals surface area contributed by atoms with E-state index in [1.165, 1.54) is 4.68 Å². The number of nitrogens with one attached hydrogen (secondary N) is 1. The van der Waals surface area contributed by atoms with E-state index in [1.54, 1.807) is 19.4 Å². The van der Waals surface area contributed by atoms with Gasteiger partial charge >= 0.3 is 0 Å². The quantitative estimate of drug-likeness (QED) is 0.936. The minimum absolute atomic E-state index is 0.0451. The molecule has 0 aliphatic heterocycles. The zero-order valence-corrected chi connectivity index (χ0v) is 12.6. The minimum Gasteiger partial charge on any atom is -0.372 e. The Bertz CT molecular complexity index is 726. The molecule has 6 nitrogen and oxygen atoms in total. The third kappa shape index (κ3) is 2.90. The molecular formula is C14H16ClN5O. The lowest BCUT2D eigenvalue weighted by Gasteiger charge is -2.19. The number of nitrogens with zero attached hydrogens (tertiary/aromatic N) is 4. The van der Waals surface area contributed by atoms with Crippen LogP contribution in [0.4, 0.5) is 5.69 Å². The summed E-state index contributed by atoms with van der Waals surface area (Å²) < 4.78 is 1.21. The average molecular weight is 306 g/mol. The van der Waals surface area contributed by atoms with Gasteiger partial charge in [-0.1, -0.05) is 11.6 Å². The predicted octanol–water partition coefficient (Wildman–Crippen LogP) is 2.10. The zero-order chi connectivity index (χ0) is 15.0. The molecule has 1 atom stereocenters. The van der Waals surface area contributed by atoms with E-state index >= 15 is 0 Å². The van der Waals surface area contributed by atoms with Gasteiger partial charge in [0, 0.05) is 18.9 Å². The summed E-state index contributed by atoms with van der Waals surface area (Å²) in [5, 5.41) is 7.43. The molecule has 0 amide bonds. The third-order valence-corrected chi connectivity index (χ3v) is 3.94. The second-order valence-corrected chi connectivity index (χ2v) is 5.69. The molecule has 2 heterocycles. The molecule has 3 rings (SSSR count). The van der Waals surface area contributed by atoms with Gasteiger partial charge in [-0.05, 0) is 31.7 Å². The van der Waals surface area contributed by atoms with E-state index in [0.29, 0.717) is 11.6 Å². The summed E-state index contributed by atoms with van der Waals surface area (Å²) in [5.41, 5.74) is 1.13. The number of aryl methyl sites for hydroxylation is 2. The standard InChI is InChI=1S/C14H16ClN5O/c1-8-5-6-16-13(18-8)12(9-3-4-9)19-10-7-17-20(2)14(21)11(10)15/h5-7,9,12,19H,3-4H2,1-2H3/t12-/m0/s1. The van der Waals surface area contributed by atoms with Crippen molar-refractivity contribution in [2.24, 2.45) is 13.0 Å². The molecule has 0 bridgehead atoms. The van der Waals surface area contributed by atoms with Crippen LogP contribution in [-0.4, -0.2) is 19.7 Å². The maximum atomic E-state index is 11.8. The van der Waals surface area contributed by atoms with Crippen molar-refractivity contribution in [3.63, 3.8) is 0 Å². The molecule has 21 heavy (non-hydrogen) atoms. The van der Waals surface area contributed by atoms with Crippen LogP contribution in [0.15, 0.2) is 23.3 Å². The molecule has 110 valence electrons. The van der Waals surface area contributed by atoms with Crippen molar-refractivity contribution in [3.8, 4) is 0 Å².